The van der Waals surface area contributed by atoms with Crippen LogP contribution < -0.4 is 11.1 Å². The van der Waals surface area contributed by atoms with E-state index in [-0.39, 0.29) is 17.6 Å². The van der Waals surface area contributed by atoms with E-state index in [1.54, 1.807) is 0 Å². The molecule has 4 N–H and O–H groups in total. The number of amides is 2. The molecule has 1 atom stereocenters. The molecule has 5 heteroatoms. The molecular weight excluding hydrogens is 266 g/mol. The zero-order chi connectivity index (χ0) is 14.8. The van der Waals surface area contributed by atoms with Gasteiger partial charge in [-0.15, -0.1) is 0 Å². The van der Waals surface area contributed by atoms with E-state index < -0.39 is 5.91 Å². The van der Waals surface area contributed by atoms with Crippen LogP contribution in [0.4, 0.5) is 0 Å². The van der Waals surface area contributed by atoms with Crippen LogP contribution in [0.15, 0.2) is 36.5 Å². The highest BCUT2D eigenvalue weighted by atomic mass is 16.2. The SMILES string of the molecule is NC(=O)c1cc(C(=O)N[C@H]2CCCc3ccccc32)c[nH]1. The first-order chi connectivity index (χ1) is 10.1. The Morgan fingerprint density at radius 1 is 1.29 bits per heavy atom. The zero-order valence-electron chi connectivity index (χ0n) is 11.6. The number of nitrogens with one attached hydrogen (secondary N) is 2. The molecule has 1 aliphatic rings. The molecule has 2 amide bonds. The van der Waals surface area contributed by atoms with Crippen molar-refractivity contribution in [2.45, 2.75) is 25.3 Å². The lowest BCUT2D eigenvalue weighted by atomic mass is 9.87. The number of hydrogen-bond donors (Lipinski definition) is 3. The first-order valence-corrected chi connectivity index (χ1v) is 7.02. The van der Waals surface area contributed by atoms with Crippen molar-refractivity contribution in [3.8, 4) is 0 Å². The van der Waals surface area contributed by atoms with Gasteiger partial charge in [0.15, 0.2) is 0 Å². The van der Waals surface area contributed by atoms with Crippen molar-refractivity contribution in [3.05, 3.63) is 58.9 Å². The molecule has 0 saturated heterocycles. The third-order valence-electron chi connectivity index (χ3n) is 3.89. The number of nitrogens with two attached hydrogens (primary N) is 1. The first kappa shape index (κ1) is 13.4. The number of hydrogen-bond acceptors (Lipinski definition) is 2. The Morgan fingerprint density at radius 3 is 2.86 bits per heavy atom. The van der Waals surface area contributed by atoms with E-state index in [4.69, 9.17) is 5.73 Å². The van der Waals surface area contributed by atoms with Gasteiger partial charge in [-0.05, 0) is 36.5 Å². The summed E-state index contributed by atoms with van der Waals surface area (Å²) in [5.41, 5.74) is 8.31. The van der Waals surface area contributed by atoms with Gasteiger partial charge < -0.3 is 16.0 Å². The van der Waals surface area contributed by atoms with E-state index in [1.165, 1.54) is 23.4 Å². The molecular formula is C16H17N3O2. The van der Waals surface area contributed by atoms with Gasteiger partial charge in [-0.25, -0.2) is 0 Å². The number of benzene rings is 1. The Morgan fingerprint density at radius 2 is 2.10 bits per heavy atom. The van der Waals surface area contributed by atoms with Gasteiger partial charge in [0.2, 0.25) is 0 Å². The zero-order valence-corrected chi connectivity index (χ0v) is 11.6. The molecule has 1 heterocycles. The van der Waals surface area contributed by atoms with E-state index in [0.29, 0.717) is 5.56 Å². The fraction of sp³-hybridized carbons (Fsp3) is 0.250. The van der Waals surface area contributed by atoms with Crippen LogP contribution in [0, 0.1) is 0 Å². The number of carbonyl (C=O) groups is 2. The van der Waals surface area contributed by atoms with E-state index in [0.717, 1.165) is 19.3 Å². The molecule has 0 bridgehead atoms. The van der Waals surface area contributed by atoms with Gasteiger partial charge >= 0.3 is 0 Å². The summed E-state index contributed by atoms with van der Waals surface area (Å²) in [6.45, 7) is 0. The summed E-state index contributed by atoms with van der Waals surface area (Å²) < 4.78 is 0. The van der Waals surface area contributed by atoms with E-state index >= 15 is 0 Å². The summed E-state index contributed by atoms with van der Waals surface area (Å²) in [4.78, 5) is 26.0. The minimum atomic E-state index is -0.572. The highest BCUT2D eigenvalue weighted by Gasteiger charge is 2.22. The second-order valence-corrected chi connectivity index (χ2v) is 5.28. The third-order valence-corrected chi connectivity index (χ3v) is 3.89. The number of primary amides is 1. The number of H-pyrrole nitrogens is 1. The number of aryl methyl sites for hydroxylation is 1. The van der Waals surface area contributed by atoms with Crippen molar-refractivity contribution in [1.29, 1.82) is 0 Å². The van der Waals surface area contributed by atoms with Crippen LogP contribution in [0.5, 0.6) is 0 Å². The molecule has 0 unspecified atom stereocenters. The molecule has 3 rings (SSSR count). The predicted octanol–water partition coefficient (Wildman–Crippen LogP) is 1.92. The van der Waals surface area contributed by atoms with Crippen LogP contribution in [-0.2, 0) is 6.42 Å². The van der Waals surface area contributed by atoms with Crippen LogP contribution in [0.2, 0.25) is 0 Å². The van der Waals surface area contributed by atoms with Crippen molar-refractivity contribution >= 4 is 11.8 Å². The van der Waals surface area contributed by atoms with E-state index in [2.05, 4.69) is 22.4 Å². The number of aromatic nitrogens is 1. The Balaban J connectivity index is 1.77. The minimum Gasteiger partial charge on any atom is -0.364 e. The van der Waals surface area contributed by atoms with Crippen molar-refractivity contribution in [3.63, 3.8) is 0 Å². The fourth-order valence-electron chi connectivity index (χ4n) is 2.81. The van der Waals surface area contributed by atoms with Crippen LogP contribution in [0.3, 0.4) is 0 Å². The van der Waals surface area contributed by atoms with Gasteiger partial charge in [0.1, 0.15) is 5.69 Å². The Labute approximate surface area is 122 Å². The molecule has 1 aromatic carbocycles. The summed E-state index contributed by atoms with van der Waals surface area (Å²) in [6.07, 6.45) is 4.54. The Hall–Kier alpha value is -2.56. The molecule has 0 radical (unpaired) electrons. The molecule has 108 valence electrons. The second-order valence-electron chi connectivity index (χ2n) is 5.28. The number of aromatic amines is 1. The summed E-state index contributed by atoms with van der Waals surface area (Å²) in [6, 6.07) is 9.68. The van der Waals surface area contributed by atoms with Gasteiger partial charge in [-0.2, -0.15) is 0 Å². The van der Waals surface area contributed by atoms with Crippen LogP contribution >= 0.6 is 0 Å². The van der Waals surface area contributed by atoms with Crippen molar-refractivity contribution in [2.75, 3.05) is 0 Å². The summed E-state index contributed by atoms with van der Waals surface area (Å²) in [7, 11) is 0. The fourth-order valence-corrected chi connectivity index (χ4v) is 2.81. The highest BCUT2D eigenvalue weighted by molar-refractivity contribution is 5.98. The van der Waals surface area contributed by atoms with Crippen LogP contribution in [0.25, 0.3) is 0 Å². The van der Waals surface area contributed by atoms with Gasteiger partial charge in [-0.3, -0.25) is 9.59 Å². The van der Waals surface area contributed by atoms with Crippen molar-refractivity contribution < 1.29 is 9.59 Å². The lowest BCUT2D eigenvalue weighted by Crippen LogP contribution is -2.30. The second kappa shape index (κ2) is 5.44. The lowest BCUT2D eigenvalue weighted by molar-refractivity contribution is 0.0932. The molecule has 5 nitrogen and oxygen atoms in total. The topological polar surface area (TPSA) is 88.0 Å². The van der Waals surface area contributed by atoms with Gasteiger partial charge in [0.05, 0.1) is 11.6 Å². The Bertz CT molecular complexity index is 690. The normalized spacial score (nSPS) is 17.0. The largest absolute Gasteiger partial charge is 0.364 e. The molecule has 0 spiro atoms. The maximum absolute atomic E-state index is 12.3. The lowest BCUT2D eigenvalue weighted by Gasteiger charge is -2.26. The van der Waals surface area contributed by atoms with E-state index in [1.807, 2.05) is 12.1 Å². The molecule has 21 heavy (non-hydrogen) atoms. The van der Waals surface area contributed by atoms with Crippen molar-refractivity contribution in [2.24, 2.45) is 5.73 Å². The predicted molar refractivity (Wildman–Crippen MR) is 78.9 cm³/mol. The van der Waals surface area contributed by atoms with Crippen LogP contribution in [-0.4, -0.2) is 16.8 Å². The monoisotopic (exact) mass is 283 g/mol. The van der Waals surface area contributed by atoms with Crippen LogP contribution in [0.1, 0.15) is 50.9 Å². The Kier molecular flexibility index (Phi) is 3.48. The highest BCUT2D eigenvalue weighted by Crippen LogP contribution is 2.29. The quantitative estimate of drug-likeness (QED) is 0.803. The van der Waals surface area contributed by atoms with E-state index in [9.17, 15) is 9.59 Å². The molecule has 1 aliphatic carbocycles. The van der Waals surface area contributed by atoms with Gasteiger partial charge in [0.25, 0.3) is 11.8 Å². The molecule has 0 aliphatic heterocycles. The first-order valence-electron chi connectivity index (χ1n) is 7.02. The number of rotatable bonds is 3. The molecule has 1 aromatic heterocycles. The third kappa shape index (κ3) is 2.67. The average Bonchev–Trinajstić information content (AvgIpc) is 2.98. The average molecular weight is 283 g/mol. The summed E-state index contributed by atoms with van der Waals surface area (Å²) >= 11 is 0. The maximum atomic E-state index is 12.3. The summed E-state index contributed by atoms with van der Waals surface area (Å²) in [5.74, 6) is -0.766. The number of carbonyl (C=O) groups excluding carboxylic acids is 2. The molecule has 0 saturated carbocycles. The minimum absolute atomic E-state index is 0.0226. The maximum Gasteiger partial charge on any atom is 0.265 e. The van der Waals surface area contributed by atoms with Crippen molar-refractivity contribution in [1.82, 2.24) is 10.3 Å². The summed E-state index contributed by atoms with van der Waals surface area (Å²) in [5, 5.41) is 3.03. The number of fused-ring (bicyclic) bond motifs is 1. The van der Waals surface area contributed by atoms with Gasteiger partial charge in [-0.1, -0.05) is 24.3 Å². The smallest absolute Gasteiger partial charge is 0.265 e. The van der Waals surface area contributed by atoms with Gasteiger partial charge in [0, 0.05) is 6.20 Å². The molecule has 2 aromatic rings. The standard InChI is InChI=1S/C16H17N3O2/c17-15(20)14-8-11(9-18-14)16(21)19-13-7-3-5-10-4-1-2-6-12(10)13/h1-2,4,6,8-9,13,18H,3,5,7H2,(H2,17,20)(H,19,21)/t13-/m0/s1. The molecule has 0 fully saturated rings.